The second-order valence-corrected chi connectivity index (χ2v) is 8.32. The lowest BCUT2D eigenvalue weighted by Crippen LogP contribution is -2.42. The zero-order chi connectivity index (χ0) is 14.0. The Morgan fingerprint density at radius 3 is 2.63 bits per heavy atom. The number of rotatable bonds is 4. The standard InChI is InChI=1S/C13H24N2O3S/c1-10(2)8-19(17,18)9-13(16)15-6-5-11-3-4-12(7-15)14-11/h10-12,14H,3-9H2,1-2H3. The molecule has 2 unspecified atom stereocenters. The van der Waals surface area contributed by atoms with E-state index in [9.17, 15) is 13.2 Å². The van der Waals surface area contributed by atoms with Crippen LogP contribution in [0.3, 0.4) is 0 Å². The Balaban J connectivity index is 1.93. The Labute approximate surface area is 115 Å². The number of carbonyl (C=O) groups excluding carboxylic acids is 1. The van der Waals surface area contributed by atoms with Gasteiger partial charge in [-0.3, -0.25) is 4.79 Å². The van der Waals surface area contributed by atoms with Crippen molar-refractivity contribution in [3.63, 3.8) is 0 Å². The quantitative estimate of drug-likeness (QED) is 0.814. The van der Waals surface area contributed by atoms with Crippen molar-refractivity contribution in [1.29, 1.82) is 0 Å². The van der Waals surface area contributed by atoms with Gasteiger partial charge in [0.1, 0.15) is 5.75 Å². The van der Waals surface area contributed by atoms with Gasteiger partial charge in [-0.15, -0.1) is 0 Å². The molecule has 1 amide bonds. The van der Waals surface area contributed by atoms with E-state index in [0.717, 1.165) is 12.8 Å². The van der Waals surface area contributed by atoms with Crippen molar-refractivity contribution in [1.82, 2.24) is 10.2 Å². The fourth-order valence-corrected chi connectivity index (χ4v) is 4.71. The summed E-state index contributed by atoms with van der Waals surface area (Å²) in [7, 11) is -3.27. The first-order chi connectivity index (χ1) is 8.85. The molecule has 1 N–H and O–H groups in total. The highest BCUT2D eigenvalue weighted by Crippen LogP contribution is 2.20. The Morgan fingerprint density at radius 1 is 1.26 bits per heavy atom. The maximum atomic E-state index is 12.1. The van der Waals surface area contributed by atoms with E-state index < -0.39 is 9.84 Å². The van der Waals surface area contributed by atoms with Gasteiger partial charge >= 0.3 is 0 Å². The SMILES string of the molecule is CC(C)CS(=O)(=O)CC(=O)N1CCC2CCC(C1)N2. The van der Waals surface area contributed by atoms with Crippen molar-refractivity contribution in [2.75, 3.05) is 24.6 Å². The van der Waals surface area contributed by atoms with E-state index in [1.807, 2.05) is 13.8 Å². The van der Waals surface area contributed by atoms with Crippen LogP contribution in [0.5, 0.6) is 0 Å². The maximum Gasteiger partial charge on any atom is 0.237 e. The molecule has 0 aliphatic carbocycles. The van der Waals surface area contributed by atoms with E-state index in [2.05, 4.69) is 5.32 Å². The third-order valence-corrected chi connectivity index (χ3v) is 5.67. The van der Waals surface area contributed by atoms with Gasteiger partial charge in [0.25, 0.3) is 0 Å². The highest BCUT2D eigenvalue weighted by Gasteiger charge is 2.32. The number of nitrogens with zero attached hydrogens (tertiary/aromatic N) is 1. The molecule has 2 fully saturated rings. The second kappa shape index (κ2) is 5.79. The topological polar surface area (TPSA) is 66.5 Å². The van der Waals surface area contributed by atoms with Crippen LogP contribution in [0.1, 0.15) is 33.1 Å². The molecule has 2 heterocycles. The van der Waals surface area contributed by atoms with Gasteiger partial charge in [0.2, 0.25) is 5.91 Å². The van der Waals surface area contributed by atoms with Crippen LogP contribution in [0.4, 0.5) is 0 Å². The lowest BCUT2D eigenvalue weighted by Gasteiger charge is -2.24. The van der Waals surface area contributed by atoms with E-state index >= 15 is 0 Å². The van der Waals surface area contributed by atoms with Crippen molar-refractivity contribution in [2.24, 2.45) is 5.92 Å². The molecule has 110 valence electrons. The summed E-state index contributed by atoms with van der Waals surface area (Å²) in [4.78, 5) is 13.9. The van der Waals surface area contributed by atoms with E-state index in [1.54, 1.807) is 4.90 Å². The van der Waals surface area contributed by atoms with E-state index in [0.29, 0.717) is 25.2 Å². The summed E-state index contributed by atoms with van der Waals surface area (Å²) >= 11 is 0. The van der Waals surface area contributed by atoms with Crippen molar-refractivity contribution in [3.05, 3.63) is 0 Å². The van der Waals surface area contributed by atoms with Crippen molar-refractivity contribution < 1.29 is 13.2 Å². The molecule has 6 heteroatoms. The lowest BCUT2D eigenvalue weighted by molar-refractivity contribution is -0.128. The molecule has 0 saturated carbocycles. The first-order valence-electron chi connectivity index (χ1n) is 7.10. The summed E-state index contributed by atoms with van der Waals surface area (Å²) in [5.74, 6) is -0.394. The third-order valence-electron chi connectivity index (χ3n) is 3.81. The monoisotopic (exact) mass is 288 g/mol. The summed E-state index contributed by atoms with van der Waals surface area (Å²) in [6, 6.07) is 0.860. The molecule has 2 saturated heterocycles. The second-order valence-electron chi connectivity index (χ2n) is 6.21. The van der Waals surface area contributed by atoms with Crippen LogP contribution >= 0.6 is 0 Å². The Hall–Kier alpha value is -0.620. The molecule has 2 atom stereocenters. The minimum atomic E-state index is -3.27. The van der Waals surface area contributed by atoms with Crippen LogP contribution in [0.25, 0.3) is 0 Å². The van der Waals surface area contributed by atoms with Crippen LogP contribution in [0, 0.1) is 5.92 Å². The Morgan fingerprint density at radius 2 is 1.95 bits per heavy atom. The molecular weight excluding hydrogens is 264 g/mol. The summed E-state index contributed by atoms with van der Waals surface area (Å²) in [6.45, 7) is 5.06. The van der Waals surface area contributed by atoms with Crippen LogP contribution in [0.2, 0.25) is 0 Å². The molecule has 2 rings (SSSR count). The number of carbonyl (C=O) groups is 1. The van der Waals surface area contributed by atoms with Gasteiger partial charge in [-0.1, -0.05) is 13.8 Å². The van der Waals surface area contributed by atoms with Crippen LogP contribution in [-0.4, -0.2) is 55.9 Å². The highest BCUT2D eigenvalue weighted by molar-refractivity contribution is 7.92. The van der Waals surface area contributed by atoms with Crippen LogP contribution in [-0.2, 0) is 14.6 Å². The number of likely N-dealkylation sites (tertiary alicyclic amines) is 1. The van der Waals surface area contributed by atoms with Gasteiger partial charge in [0, 0.05) is 25.2 Å². The summed E-state index contributed by atoms with van der Waals surface area (Å²) < 4.78 is 23.8. The molecule has 0 aromatic rings. The van der Waals surface area contributed by atoms with Crippen molar-refractivity contribution >= 4 is 15.7 Å². The molecule has 0 spiro atoms. The van der Waals surface area contributed by atoms with Crippen LogP contribution < -0.4 is 5.32 Å². The number of hydrogen-bond acceptors (Lipinski definition) is 4. The van der Waals surface area contributed by atoms with Crippen LogP contribution in [0.15, 0.2) is 0 Å². The van der Waals surface area contributed by atoms with Crippen molar-refractivity contribution in [2.45, 2.75) is 45.2 Å². The summed E-state index contributed by atoms with van der Waals surface area (Å²) in [5.41, 5.74) is 0. The van der Waals surface area contributed by atoms with E-state index in [4.69, 9.17) is 0 Å². The summed E-state index contributed by atoms with van der Waals surface area (Å²) in [6.07, 6.45) is 3.21. The maximum absolute atomic E-state index is 12.1. The predicted molar refractivity (Wildman–Crippen MR) is 74.6 cm³/mol. The molecule has 5 nitrogen and oxygen atoms in total. The van der Waals surface area contributed by atoms with Gasteiger partial charge in [-0.25, -0.2) is 8.42 Å². The van der Waals surface area contributed by atoms with E-state index in [1.165, 1.54) is 6.42 Å². The van der Waals surface area contributed by atoms with Gasteiger partial charge in [0.05, 0.1) is 5.75 Å². The number of nitrogens with one attached hydrogen (secondary N) is 1. The first kappa shape index (κ1) is 14.8. The average molecular weight is 288 g/mol. The Kier molecular flexibility index (Phi) is 4.50. The molecule has 2 bridgehead atoms. The number of sulfone groups is 1. The van der Waals surface area contributed by atoms with Gasteiger partial charge < -0.3 is 10.2 Å². The van der Waals surface area contributed by atoms with Crippen molar-refractivity contribution in [3.8, 4) is 0 Å². The molecule has 0 aromatic carbocycles. The molecule has 2 aliphatic heterocycles. The zero-order valence-corrected chi connectivity index (χ0v) is 12.6. The molecule has 19 heavy (non-hydrogen) atoms. The largest absolute Gasteiger partial charge is 0.340 e. The van der Waals surface area contributed by atoms with Gasteiger partial charge in [0.15, 0.2) is 9.84 Å². The molecule has 2 aliphatic rings. The number of amides is 1. The van der Waals surface area contributed by atoms with Gasteiger partial charge in [-0.05, 0) is 25.2 Å². The average Bonchev–Trinajstić information content (AvgIpc) is 2.54. The normalized spacial score (nSPS) is 27.6. The minimum Gasteiger partial charge on any atom is -0.340 e. The first-order valence-corrected chi connectivity index (χ1v) is 8.92. The fraction of sp³-hybridized carbons (Fsp3) is 0.923. The minimum absolute atomic E-state index is 0.0691. The lowest BCUT2D eigenvalue weighted by atomic mass is 10.1. The smallest absolute Gasteiger partial charge is 0.237 e. The third kappa shape index (κ3) is 4.18. The van der Waals surface area contributed by atoms with E-state index in [-0.39, 0.29) is 23.3 Å². The number of hydrogen-bond donors (Lipinski definition) is 1. The van der Waals surface area contributed by atoms with Gasteiger partial charge in [-0.2, -0.15) is 0 Å². The molecular formula is C13H24N2O3S. The fourth-order valence-electron chi connectivity index (χ4n) is 3.02. The molecule has 0 radical (unpaired) electrons. The number of fused-ring (bicyclic) bond motifs is 2. The Bertz CT molecular complexity index is 433. The summed E-state index contributed by atoms with van der Waals surface area (Å²) in [5, 5.41) is 3.49. The predicted octanol–water partition coefficient (Wildman–Crippen LogP) is 0.410. The highest BCUT2D eigenvalue weighted by atomic mass is 32.2. The zero-order valence-electron chi connectivity index (χ0n) is 11.8. The molecule has 0 aromatic heterocycles.